The zero-order valence-electron chi connectivity index (χ0n) is 12.5. The molecular formula is C13H24N2O5S. The number of hydrogen-bond acceptors (Lipinski definition) is 4. The number of carbonyl (C=O) groups is 1. The molecule has 2 N–H and O–H groups in total. The molecule has 1 saturated heterocycles. The average molecular weight is 320 g/mol. The molecule has 0 aromatic rings. The summed E-state index contributed by atoms with van der Waals surface area (Å²) in [5.41, 5.74) is -0.838. The van der Waals surface area contributed by atoms with Crippen molar-refractivity contribution >= 4 is 16.2 Å². The van der Waals surface area contributed by atoms with Crippen molar-refractivity contribution in [2.24, 2.45) is 0 Å². The van der Waals surface area contributed by atoms with Crippen LogP contribution in [0.15, 0.2) is 0 Å². The highest BCUT2D eigenvalue weighted by Crippen LogP contribution is 2.34. The van der Waals surface area contributed by atoms with Crippen LogP contribution in [-0.2, 0) is 19.7 Å². The van der Waals surface area contributed by atoms with Gasteiger partial charge in [0.05, 0.1) is 18.6 Å². The minimum Gasteiger partial charge on any atom is -0.481 e. The molecule has 2 aliphatic rings. The predicted octanol–water partition coefficient (Wildman–Crippen LogP) is 0.718. The molecule has 2 unspecified atom stereocenters. The smallest absolute Gasteiger partial charge is 0.305 e. The fourth-order valence-electron chi connectivity index (χ4n) is 3.32. The van der Waals surface area contributed by atoms with E-state index in [9.17, 15) is 13.2 Å². The third-order valence-corrected chi connectivity index (χ3v) is 5.79. The van der Waals surface area contributed by atoms with E-state index in [0.717, 1.165) is 12.8 Å². The van der Waals surface area contributed by atoms with Crippen molar-refractivity contribution in [1.82, 2.24) is 9.03 Å². The number of aliphatic carboxylic acids is 1. The lowest BCUT2D eigenvalue weighted by Gasteiger charge is -2.37. The number of carboxylic acids is 1. The van der Waals surface area contributed by atoms with Gasteiger partial charge in [-0.3, -0.25) is 4.79 Å². The van der Waals surface area contributed by atoms with Crippen LogP contribution in [0, 0.1) is 0 Å². The minimum atomic E-state index is -3.70. The molecule has 122 valence electrons. The predicted molar refractivity (Wildman–Crippen MR) is 77.1 cm³/mol. The highest BCUT2D eigenvalue weighted by Gasteiger charge is 2.42. The second kappa shape index (κ2) is 6.20. The number of hydrogen-bond donors (Lipinski definition) is 2. The maximum absolute atomic E-state index is 12.6. The van der Waals surface area contributed by atoms with Gasteiger partial charge in [0.15, 0.2) is 0 Å². The molecule has 21 heavy (non-hydrogen) atoms. The largest absolute Gasteiger partial charge is 0.481 e. The van der Waals surface area contributed by atoms with Gasteiger partial charge in [-0.2, -0.15) is 17.4 Å². The van der Waals surface area contributed by atoms with Crippen LogP contribution in [0.4, 0.5) is 0 Å². The molecule has 0 radical (unpaired) electrons. The van der Waals surface area contributed by atoms with Gasteiger partial charge < -0.3 is 9.84 Å². The second-order valence-corrected chi connectivity index (χ2v) is 7.91. The Morgan fingerprint density at radius 3 is 2.29 bits per heavy atom. The summed E-state index contributed by atoms with van der Waals surface area (Å²) in [5, 5.41) is 9.06. The summed E-state index contributed by atoms with van der Waals surface area (Å²) in [5.74, 6) is -0.969. The Kier molecular flexibility index (Phi) is 4.92. The summed E-state index contributed by atoms with van der Waals surface area (Å²) in [6, 6.07) is 0. The second-order valence-electron chi connectivity index (χ2n) is 6.24. The maximum atomic E-state index is 12.6. The van der Waals surface area contributed by atoms with E-state index in [1.165, 1.54) is 4.31 Å². The fourth-order valence-corrected chi connectivity index (χ4v) is 5.09. The molecule has 0 spiro atoms. The monoisotopic (exact) mass is 320 g/mol. The summed E-state index contributed by atoms with van der Waals surface area (Å²) in [4.78, 5) is 11.1. The van der Waals surface area contributed by atoms with Crippen LogP contribution in [0.1, 0.15) is 46.0 Å². The van der Waals surface area contributed by atoms with Crippen molar-refractivity contribution in [3.05, 3.63) is 0 Å². The first-order valence-corrected chi connectivity index (χ1v) is 8.83. The molecule has 0 amide bonds. The first-order valence-electron chi connectivity index (χ1n) is 7.39. The van der Waals surface area contributed by atoms with Crippen LogP contribution >= 0.6 is 0 Å². The van der Waals surface area contributed by atoms with Crippen molar-refractivity contribution in [3.63, 3.8) is 0 Å². The van der Waals surface area contributed by atoms with Gasteiger partial charge in [0.25, 0.3) is 10.2 Å². The molecule has 2 fully saturated rings. The van der Waals surface area contributed by atoms with Crippen molar-refractivity contribution in [2.45, 2.75) is 63.7 Å². The number of rotatable bonds is 5. The molecule has 1 heterocycles. The zero-order valence-corrected chi connectivity index (χ0v) is 13.4. The van der Waals surface area contributed by atoms with Crippen molar-refractivity contribution < 1.29 is 23.1 Å². The Morgan fingerprint density at radius 1 is 1.29 bits per heavy atom. The molecule has 0 bridgehead atoms. The topological polar surface area (TPSA) is 95.9 Å². The van der Waals surface area contributed by atoms with Gasteiger partial charge >= 0.3 is 5.97 Å². The Hall–Kier alpha value is -0.700. The summed E-state index contributed by atoms with van der Waals surface area (Å²) in [7, 11) is -3.70. The number of morpholine rings is 1. The number of nitrogens with one attached hydrogen (secondary N) is 1. The Balaban J connectivity index is 2.13. The third kappa shape index (κ3) is 4.15. The number of nitrogens with zero attached hydrogens (tertiary/aromatic N) is 1. The van der Waals surface area contributed by atoms with Gasteiger partial charge in [0.2, 0.25) is 0 Å². The van der Waals surface area contributed by atoms with Crippen LogP contribution < -0.4 is 4.72 Å². The zero-order chi connectivity index (χ0) is 15.7. The van der Waals surface area contributed by atoms with Crippen molar-refractivity contribution in [3.8, 4) is 0 Å². The molecule has 0 aromatic carbocycles. The molecule has 1 aliphatic carbocycles. The van der Waals surface area contributed by atoms with Crippen LogP contribution in [0.5, 0.6) is 0 Å². The van der Waals surface area contributed by atoms with Crippen LogP contribution in [0.3, 0.4) is 0 Å². The van der Waals surface area contributed by atoms with E-state index < -0.39 is 21.7 Å². The lowest BCUT2D eigenvalue weighted by atomic mass is 9.95. The highest BCUT2D eigenvalue weighted by atomic mass is 32.2. The summed E-state index contributed by atoms with van der Waals surface area (Å²) in [6.45, 7) is 4.26. The summed E-state index contributed by atoms with van der Waals surface area (Å²) >= 11 is 0. The maximum Gasteiger partial charge on any atom is 0.305 e. The first-order chi connectivity index (χ1) is 9.72. The van der Waals surface area contributed by atoms with Gasteiger partial charge in [-0.25, -0.2) is 0 Å². The average Bonchev–Trinajstić information content (AvgIpc) is 2.74. The van der Waals surface area contributed by atoms with E-state index in [2.05, 4.69) is 4.72 Å². The number of carboxylic acid groups (broad SMARTS) is 1. The molecule has 8 heteroatoms. The molecule has 0 aromatic heterocycles. The van der Waals surface area contributed by atoms with Crippen LogP contribution in [-0.4, -0.2) is 54.6 Å². The Morgan fingerprint density at radius 2 is 1.81 bits per heavy atom. The lowest BCUT2D eigenvalue weighted by Crippen LogP contribution is -2.57. The van der Waals surface area contributed by atoms with Gasteiger partial charge in [-0.15, -0.1) is 0 Å². The normalized spacial score (nSPS) is 30.4. The molecule has 1 aliphatic heterocycles. The van der Waals surface area contributed by atoms with Crippen molar-refractivity contribution in [1.29, 1.82) is 0 Å². The van der Waals surface area contributed by atoms with Gasteiger partial charge in [0, 0.05) is 18.6 Å². The Bertz CT molecular complexity index is 477. The number of ether oxygens (including phenoxy) is 1. The van der Waals surface area contributed by atoms with Crippen LogP contribution in [0.2, 0.25) is 0 Å². The quantitative estimate of drug-likeness (QED) is 0.778. The van der Waals surface area contributed by atoms with Crippen LogP contribution in [0.25, 0.3) is 0 Å². The third-order valence-electron chi connectivity index (χ3n) is 4.12. The fraction of sp³-hybridized carbons (Fsp3) is 0.923. The summed E-state index contributed by atoms with van der Waals surface area (Å²) < 4.78 is 34.8. The van der Waals surface area contributed by atoms with Gasteiger partial charge in [-0.1, -0.05) is 12.8 Å². The first kappa shape index (κ1) is 16.7. The van der Waals surface area contributed by atoms with Gasteiger partial charge in [-0.05, 0) is 26.7 Å². The van der Waals surface area contributed by atoms with E-state index in [1.54, 1.807) is 0 Å². The van der Waals surface area contributed by atoms with Crippen molar-refractivity contribution in [2.75, 3.05) is 13.1 Å². The van der Waals surface area contributed by atoms with E-state index in [0.29, 0.717) is 25.9 Å². The minimum absolute atomic E-state index is 0.163. The Labute approximate surface area is 125 Å². The lowest BCUT2D eigenvalue weighted by molar-refractivity contribution is -0.138. The molecule has 2 rings (SSSR count). The molecule has 2 atom stereocenters. The molecular weight excluding hydrogens is 296 g/mol. The van der Waals surface area contributed by atoms with E-state index >= 15 is 0 Å². The highest BCUT2D eigenvalue weighted by molar-refractivity contribution is 7.87. The SMILES string of the molecule is CC1CN(S(=O)(=O)NC2(CC(=O)O)CCCC2)CC(C)O1. The van der Waals surface area contributed by atoms with E-state index in [4.69, 9.17) is 9.84 Å². The van der Waals surface area contributed by atoms with E-state index in [-0.39, 0.29) is 18.6 Å². The molecule has 7 nitrogen and oxygen atoms in total. The standard InChI is InChI=1S/C13H24N2O5S/c1-10-8-15(9-11(2)20-10)21(18,19)14-13(7-12(16)17)5-3-4-6-13/h10-11,14H,3-9H2,1-2H3,(H,16,17). The van der Waals surface area contributed by atoms with E-state index in [1.807, 2.05) is 13.8 Å². The van der Waals surface area contributed by atoms with Gasteiger partial charge in [0.1, 0.15) is 0 Å². The summed E-state index contributed by atoms with van der Waals surface area (Å²) in [6.07, 6.45) is 2.37. The molecule has 1 saturated carbocycles.